The number of amides is 2. The van der Waals surface area contributed by atoms with Gasteiger partial charge in [0.2, 0.25) is 11.8 Å². The summed E-state index contributed by atoms with van der Waals surface area (Å²) in [4.78, 5) is 26.7. The minimum absolute atomic E-state index is 0.0852. The summed E-state index contributed by atoms with van der Waals surface area (Å²) in [6.45, 7) is 0.357. The minimum Gasteiger partial charge on any atom is -0.355 e. The molecular formula is C25H20Cl2N2O2. The lowest BCUT2D eigenvalue weighted by atomic mass is 9.59. The Hall–Kier alpha value is -2.82. The topological polar surface area (TPSA) is 58.2 Å². The molecule has 0 aromatic heterocycles. The third kappa shape index (κ3) is 3.22. The lowest BCUT2D eigenvalue weighted by Gasteiger charge is -2.40. The normalized spacial score (nSPS) is 25.0. The van der Waals surface area contributed by atoms with Crippen molar-refractivity contribution in [2.45, 2.75) is 23.7 Å². The molecule has 2 N–H and O–H groups in total. The molecule has 5 rings (SSSR count). The van der Waals surface area contributed by atoms with Gasteiger partial charge < -0.3 is 10.6 Å². The van der Waals surface area contributed by atoms with Crippen molar-refractivity contribution in [2.75, 3.05) is 11.9 Å². The van der Waals surface area contributed by atoms with Gasteiger partial charge in [-0.2, -0.15) is 0 Å². The van der Waals surface area contributed by atoms with E-state index in [1.54, 1.807) is 18.2 Å². The van der Waals surface area contributed by atoms with Gasteiger partial charge in [0.05, 0.1) is 5.41 Å². The zero-order valence-corrected chi connectivity index (χ0v) is 18.1. The molecule has 1 saturated heterocycles. The molecule has 0 radical (unpaired) electrons. The highest BCUT2D eigenvalue weighted by Gasteiger charge is 2.59. The number of anilines is 1. The third-order valence-corrected chi connectivity index (χ3v) is 6.97. The van der Waals surface area contributed by atoms with Gasteiger partial charge in [0.15, 0.2) is 0 Å². The maximum absolute atomic E-state index is 13.9. The second-order valence-corrected chi connectivity index (χ2v) is 8.96. The third-order valence-electron chi connectivity index (χ3n) is 6.50. The number of hydrogen-bond donors (Lipinski definition) is 2. The van der Waals surface area contributed by atoms with Crippen LogP contribution in [0.15, 0.2) is 72.8 Å². The van der Waals surface area contributed by atoms with E-state index in [4.69, 9.17) is 23.2 Å². The second kappa shape index (κ2) is 7.70. The van der Waals surface area contributed by atoms with Crippen LogP contribution in [0.25, 0.3) is 0 Å². The van der Waals surface area contributed by atoms with E-state index < -0.39 is 11.3 Å². The quantitative estimate of drug-likeness (QED) is 0.558. The molecule has 2 heterocycles. The molecule has 3 aromatic rings. The van der Waals surface area contributed by atoms with Gasteiger partial charge in [-0.05, 0) is 41.0 Å². The molecule has 0 saturated carbocycles. The van der Waals surface area contributed by atoms with Crippen molar-refractivity contribution in [3.05, 3.63) is 99.5 Å². The highest BCUT2D eigenvalue weighted by atomic mass is 35.5. The van der Waals surface area contributed by atoms with E-state index in [9.17, 15) is 9.59 Å². The zero-order chi connectivity index (χ0) is 21.6. The molecule has 2 amide bonds. The number of fused-ring (bicyclic) bond motifs is 2. The van der Waals surface area contributed by atoms with Crippen LogP contribution in [0.4, 0.5) is 5.69 Å². The first-order valence-corrected chi connectivity index (χ1v) is 10.9. The molecular weight excluding hydrogens is 431 g/mol. The maximum Gasteiger partial charge on any atom is 0.236 e. The van der Waals surface area contributed by atoms with Crippen molar-refractivity contribution in [3.8, 4) is 0 Å². The fraction of sp³-hybridized carbons (Fsp3) is 0.200. The van der Waals surface area contributed by atoms with Crippen LogP contribution in [-0.2, 0) is 15.0 Å². The summed E-state index contributed by atoms with van der Waals surface area (Å²) in [6, 6.07) is 22.9. The first kappa shape index (κ1) is 20.1. The molecule has 4 nitrogen and oxygen atoms in total. The van der Waals surface area contributed by atoms with Gasteiger partial charge in [0, 0.05) is 40.5 Å². The Morgan fingerprint density at radius 2 is 1.55 bits per heavy atom. The number of carbonyl (C=O) groups excluding carboxylic acids is 2. The smallest absolute Gasteiger partial charge is 0.236 e. The van der Waals surface area contributed by atoms with Crippen molar-refractivity contribution in [1.29, 1.82) is 0 Å². The van der Waals surface area contributed by atoms with E-state index in [0.717, 1.165) is 16.7 Å². The maximum atomic E-state index is 13.9. The largest absolute Gasteiger partial charge is 0.355 e. The van der Waals surface area contributed by atoms with Gasteiger partial charge >= 0.3 is 0 Å². The summed E-state index contributed by atoms with van der Waals surface area (Å²) in [5, 5.41) is 7.23. The van der Waals surface area contributed by atoms with Crippen molar-refractivity contribution >= 4 is 40.7 Å². The molecule has 156 valence electrons. The number of carbonyl (C=O) groups is 2. The van der Waals surface area contributed by atoms with E-state index in [1.807, 2.05) is 54.6 Å². The fourth-order valence-corrected chi connectivity index (χ4v) is 5.60. The van der Waals surface area contributed by atoms with E-state index in [1.165, 1.54) is 0 Å². The molecule has 3 atom stereocenters. The van der Waals surface area contributed by atoms with Crippen LogP contribution in [0.5, 0.6) is 0 Å². The SMILES string of the molecule is O=C1C[C@@H](c2cccc(Cl)c2)[C@]2(C(=O)Nc3cc(Cl)ccc32)[C@@H](c2ccccc2)CN1. The summed E-state index contributed by atoms with van der Waals surface area (Å²) in [5.74, 6) is -0.883. The molecule has 0 aliphatic carbocycles. The predicted molar refractivity (Wildman–Crippen MR) is 123 cm³/mol. The van der Waals surface area contributed by atoms with E-state index in [2.05, 4.69) is 10.6 Å². The lowest BCUT2D eigenvalue weighted by Crippen LogP contribution is -2.46. The van der Waals surface area contributed by atoms with Crippen LogP contribution in [0.3, 0.4) is 0 Å². The summed E-state index contributed by atoms with van der Waals surface area (Å²) in [5.41, 5.74) is 2.42. The van der Waals surface area contributed by atoms with Crippen LogP contribution in [0, 0.1) is 0 Å². The van der Waals surface area contributed by atoms with Gasteiger partial charge in [-0.3, -0.25) is 9.59 Å². The number of rotatable bonds is 2. The fourth-order valence-electron chi connectivity index (χ4n) is 5.23. The number of hydrogen-bond acceptors (Lipinski definition) is 2. The zero-order valence-electron chi connectivity index (χ0n) is 16.6. The first-order valence-electron chi connectivity index (χ1n) is 10.2. The molecule has 1 spiro atoms. The minimum atomic E-state index is -0.995. The molecule has 6 heteroatoms. The van der Waals surface area contributed by atoms with Crippen LogP contribution in [0.1, 0.15) is 34.9 Å². The lowest BCUT2D eigenvalue weighted by molar-refractivity contribution is -0.123. The first-order chi connectivity index (χ1) is 15.0. The molecule has 0 unspecified atom stereocenters. The predicted octanol–water partition coefficient (Wildman–Crippen LogP) is 5.27. The van der Waals surface area contributed by atoms with E-state index >= 15 is 0 Å². The average Bonchev–Trinajstić information content (AvgIpc) is 2.93. The van der Waals surface area contributed by atoms with Gasteiger partial charge in [-0.1, -0.05) is 71.7 Å². The number of benzene rings is 3. The Morgan fingerprint density at radius 3 is 2.32 bits per heavy atom. The van der Waals surface area contributed by atoms with Crippen LogP contribution >= 0.6 is 23.2 Å². The van der Waals surface area contributed by atoms with Crippen molar-refractivity contribution in [1.82, 2.24) is 5.32 Å². The standard InChI is InChI=1S/C25H20Cl2N2O2/c26-17-8-4-7-16(11-17)20-13-23(30)28-14-21(15-5-2-1-3-6-15)25(20)19-10-9-18(27)12-22(19)29-24(25)31/h1-12,20-21H,13-14H2,(H,28,30)(H,29,31)/t20-,21+,25-/m0/s1. The second-order valence-electron chi connectivity index (χ2n) is 8.09. The average molecular weight is 451 g/mol. The Labute approximate surface area is 190 Å². The summed E-state index contributed by atoms with van der Waals surface area (Å²) < 4.78 is 0. The summed E-state index contributed by atoms with van der Waals surface area (Å²) >= 11 is 12.6. The Balaban J connectivity index is 1.83. The Kier molecular flexibility index (Phi) is 4.99. The number of halogens is 2. The highest BCUT2D eigenvalue weighted by molar-refractivity contribution is 6.31. The monoisotopic (exact) mass is 450 g/mol. The van der Waals surface area contributed by atoms with Gasteiger partial charge in [0.25, 0.3) is 0 Å². The Bertz CT molecular complexity index is 1180. The van der Waals surface area contributed by atoms with Crippen molar-refractivity contribution < 1.29 is 9.59 Å². The van der Waals surface area contributed by atoms with Crippen LogP contribution < -0.4 is 10.6 Å². The summed E-state index contributed by atoms with van der Waals surface area (Å²) in [7, 11) is 0. The van der Waals surface area contributed by atoms with Gasteiger partial charge in [0.1, 0.15) is 0 Å². The van der Waals surface area contributed by atoms with E-state index in [-0.39, 0.29) is 24.2 Å². The molecule has 2 aliphatic rings. The van der Waals surface area contributed by atoms with Gasteiger partial charge in [-0.15, -0.1) is 0 Å². The van der Waals surface area contributed by atoms with Crippen LogP contribution in [0.2, 0.25) is 10.0 Å². The molecule has 31 heavy (non-hydrogen) atoms. The molecule has 2 aliphatic heterocycles. The summed E-state index contributed by atoms with van der Waals surface area (Å²) in [6.07, 6.45) is 0.180. The highest BCUT2D eigenvalue weighted by Crippen LogP contribution is 2.57. The van der Waals surface area contributed by atoms with Crippen molar-refractivity contribution in [3.63, 3.8) is 0 Å². The number of nitrogens with one attached hydrogen (secondary N) is 2. The molecule has 3 aromatic carbocycles. The van der Waals surface area contributed by atoms with Crippen LogP contribution in [-0.4, -0.2) is 18.4 Å². The molecule has 0 bridgehead atoms. The Morgan fingerprint density at radius 1 is 0.806 bits per heavy atom. The van der Waals surface area contributed by atoms with Crippen molar-refractivity contribution in [2.24, 2.45) is 0 Å². The van der Waals surface area contributed by atoms with E-state index in [0.29, 0.717) is 22.3 Å². The van der Waals surface area contributed by atoms with Gasteiger partial charge in [-0.25, -0.2) is 0 Å². The molecule has 1 fully saturated rings.